The molecule has 124 valence electrons. The normalized spacial score (nSPS) is 19.2. The van der Waals surface area contributed by atoms with Crippen molar-refractivity contribution in [1.82, 2.24) is 13.9 Å². The van der Waals surface area contributed by atoms with Crippen molar-refractivity contribution in [3.05, 3.63) is 41.9 Å². The molecule has 1 saturated heterocycles. The molecule has 0 saturated carbocycles. The van der Waals surface area contributed by atoms with Crippen LogP contribution in [0.4, 0.5) is 0 Å². The minimum absolute atomic E-state index is 0.110. The topological polar surface area (TPSA) is 64.4 Å². The van der Waals surface area contributed by atoms with E-state index in [1.54, 1.807) is 36.2 Å². The van der Waals surface area contributed by atoms with Crippen molar-refractivity contribution in [2.75, 3.05) is 13.7 Å². The van der Waals surface area contributed by atoms with E-state index in [0.29, 0.717) is 12.4 Å². The maximum Gasteiger partial charge on any atom is 0.262 e. The molecule has 1 aliphatic rings. The van der Waals surface area contributed by atoms with Crippen molar-refractivity contribution in [2.45, 2.75) is 30.8 Å². The van der Waals surface area contributed by atoms with Gasteiger partial charge in [-0.3, -0.25) is 0 Å². The monoisotopic (exact) mass is 335 g/mol. The molecule has 2 aromatic rings. The highest BCUT2D eigenvalue weighted by atomic mass is 32.2. The first kappa shape index (κ1) is 16.0. The molecule has 2 heterocycles. The van der Waals surface area contributed by atoms with Crippen LogP contribution in [0.5, 0.6) is 5.75 Å². The first-order valence-corrected chi connectivity index (χ1v) is 9.04. The summed E-state index contributed by atoms with van der Waals surface area (Å²) in [6, 6.07) is 7.38. The van der Waals surface area contributed by atoms with Crippen LogP contribution in [0.25, 0.3) is 0 Å². The Kier molecular flexibility index (Phi) is 4.16. The number of aromatic nitrogens is 2. The van der Waals surface area contributed by atoms with Crippen molar-refractivity contribution < 1.29 is 13.2 Å². The molecule has 0 bridgehead atoms. The fourth-order valence-corrected chi connectivity index (χ4v) is 4.75. The molecule has 0 N–H and O–H groups in total. The third-order valence-electron chi connectivity index (χ3n) is 4.36. The first-order chi connectivity index (χ1) is 10.9. The summed E-state index contributed by atoms with van der Waals surface area (Å²) >= 11 is 0. The standard InChI is InChI=1S/C16H21N3O3S/c1-12-17-16(11-18(12)2)23(20,21)19-10-6-8-14(19)13-7-4-5-9-15(13)22-3/h4-5,7,9,11,14H,6,8,10H2,1-3H3. The van der Waals surface area contributed by atoms with Gasteiger partial charge in [0.25, 0.3) is 10.0 Å². The third-order valence-corrected chi connectivity index (χ3v) is 6.14. The number of imidazole rings is 1. The smallest absolute Gasteiger partial charge is 0.262 e. The number of rotatable bonds is 4. The van der Waals surface area contributed by atoms with Gasteiger partial charge >= 0.3 is 0 Å². The molecule has 1 unspecified atom stereocenters. The van der Waals surface area contributed by atoms with Gasteiger partial charge in [-0.25, -0.2) is 13.4 Å². The quantitative estimate of drug-likeness (QED) is 0.860. The number of ether oxygens (including phenoxy) is 1. The Balaban J connectivity index is 2.01. The number of benzene rings is 1. The zero-order valence-electron chi connectivity index (χ0n) is 13.6. The predicted molar refractivity (Wildman–Crippen MR) is 86.8 cm³/mol. The molecule has 1 aromatic heterocycles. The molecule has 1 aromatic carbocycles. The van der Waals surface area contributed by atoms with Crippen LogP contribution in [0.15, 0.2) is 35.5 Å². The van der Waals surface area contributed by atoms with Crippen LogP contribution in [0, 0.1) is 6.92 Å². The lowest BCUT2D eigenvalue weighted by molar-refractivity contribution is 0.366. The average molecular weight is 335 g/mol. The fourth-order valence-electron chi connectivity index (χ4n) is 3.05. The van der Waals surface area contributed by atoms with E-state index in [0.717, 1.165) is 24.2 Å². The molecule has 3 rings (SSSR count). The summed E-state index contributed by atoms with van der Waals surface area (Å²) in [5, 5.41) is 0.110. The molecule has 6 nitrogen and oxygen atoms in total. The van der Waals surface area contributed by atoms with E-state index in [1.807, 2.05) is 24.3 Å². The fraction of sp³-hybridized carbons (Fsp3) is 0.438. The molecular formula is C16H21N3O3S. The van der Waals surface area contributed by atoms with E-state index in [-0.39, 0.29) is 11.1 Å². The zero-order chi connectivity index (χ0) is 16.6. The molecule has 0 radical (unpaired) electrons. The van der Waals surface area contributed by atoms with Crippen LogP contribution >= 0.6 is 0 Å². The Morgan fingerprint density at radius 2 is 2.04 bits per heavy atom. The molecular weight excluding hydrogens is 314 g/mol. The summed E-state index contributed by atoms with van der Waals surface area (Å²) in [5.74, 6) is 1.40. The number of hydrogen-bond acceptors (Lipinski definition) is 4. The molecule has 0 amide bonds. The number of methoxy groups -OCH3 is 1. The second-order valence-electron chi connectivity index (χ2n) is 5.75. The van der Waals surface area contributed by atoms with Crippen molar-refractivity contribution in [2.24, 2.45) is 7.05 Å². The Hall–Kier alpha value is -1.86. The van der Waals surface area contributed by atoms with Gasteiger partial charge in [0.2, 0.25) is 0 Å². The number of sulfonamides is 1. The van der Waals surface area contributed by atoms with Gasteiger partial charge < -0.3 is 9.30 Å². The van der Waals surface area contributed by atoms with Crippen LogP contribution in [0.1, 0.15) is 30.3 Å². The molecule has 23 heavy (non-hydrogen) atoms. The van der Waals surface area contributed by atoms with E-state index in [4.69, 9.17) is 4.74 Å². The van der Waals surface area contributed by atoms with Gasteiger partial charge in [0.1, 0.15) is 11.6 Å². The Labute approximate surface area is 136 Å². The van der Waals surface area contributed by atoms with Crippen molar-refractivity contribution in [1.29, 1.82) is 0 Å². The number of aryl methyl sites for hydroxylation is 2. The van der Waals surface area contributed by atoms with E-state index in [2.05, 4.69) is 4.98 Å². The highest BCUT2D eigenvalue weighted by Gasteiger charge is 2.38. The maximum atomic E-state index is 13.0. The third kappa shape index (κ3) is 2.74. The Bertz CT molecular complexity index is 794. The lowest BCUT2D eigenvalue weighted by atomic mass is 10.0. The Morgan fingerprint density at radius 1 is 1.30 bits per heavy atom. The lowest BCUT2D eigenvalue weighted by Crippen LogP contribution is -2.31. The summed E-state index contributed by atoms with van der Waals surface area (Å²) in [4.78, 5) is 4.20. The van der Waals surface area contributed by atoms with Crippen LogP contribution in [0.3, 0.4) is 0 Å². The lowest BCUT2D eigenvalue weighted by Gasteiger charge is -2.24. The summed E-state index contributed by atoms with van der Waals surface area (Å²) in [7, 11) is -0.216. The van der Waals surface area contributed by atoms with Crippen LogP contribution < -0.4 is 4.74 Å². The highest BCUT2D eigenvalue weighted by molar-refractivity contribution is 7.89. The minimum Gasteiger partial charge on any atom is -0.496 e. The highest BCUT2D eigenvalue weighted by Crippen LogP contribution is 2.39. The van der Waals surface area contributed by atoms with E-state index >= 15 is 0 Å². The molecule has 7 heteroatoms. The van der Waals surface area contributed by atoms with Crippen molar-refractivity contribution >= 4 is 10.0 Å². The first-order valence-electron chi connectivity index (χ1n) is 7.60. The summed E-state index contributed by atoms with van der Waals surface area (Å²) in [6.45, 7) is 2.29. The van der Waals surface area contributed by atoms with Gasteiger partial charge in [-0.05, 0) is 25.8 Å². The van der Waals surface area contributed by atoms with Crippen molar-refractivity contribution in [3.8, 4) is 5.75 Å². The van der Waals surface area contributed by atoms with Gasteiger partial charge in [-0.15, -0.1) is 0 Å². The average Bonchev–Trinajstić information content (AvgIpc) is 3.15. The SMILES string of the molecule is COc1ccccc1C1CCCN1S(=O)(=O)c1cn(C)c(C)n1. The van der Waals surface area contributed by atoms with Crippen LogP contribution in [-0.4, -0.2) is 35.9 Å². The number of nitrogens with zero attached hydrogens (tertiary/aromatic N) is 3. The van der Waals surface area contributed by atoms with E-state index in [1.165, 1.54) is 0 Å². The summed E-state index contributed by atoms with van der Waals surface area (Å²) in [6.07, 6.45) is 3.18. The zero-order valence-corrected chi connectivity index (χ0v) is 14.4. The maximum absolute atomic E-state index is 13.0. The molecule has 1 atom stereocenters. The molecule has 0 spiro atoms. The minimum atomic E-state index is -3.62. The van der Waals surface area contributed by atoms with Gasteiger partial charge in [-0.2, -0.15) is 4.31 Å². The predicted octanol–water partition coefficient (Wildman–Crippen LogP) is 2.26. The van der Waals surface area contributed by atoms with E-state index < -0.39 is 10.0 Å². The second-order valence-corrected chi connectivity index (χ2v) is 7.59. The molecule has 0 aliphatic carbocycles. The van der Waals surface area contributed by atoms with Gasteiger partial charge in [-0.1, -0.05) is 18.2 Å². The van der Waals surface area contributed by atoms with Crippen molar-refractivity contribution in [3.63, 3.8) is 0 Å². The Morgan fingerprint density at radius 3 is 2.70 bits per heavy atom. The van der Waals surface area contributed by atoms with Gasteiger partial charge in [0, 0.05) is 25.4 Å². The summed E-state index contributed by atoms with van der Waals surface area (Å²) in [5.41, 5.74) is 0.906. The summed E-state index contributed by atoms with van der Waals surface area (Å²) < 4.78 is 34.7. The number of para-hydroxylation sites is 1. The van der Waals surface area contributed by atoms with Crippen LogP contribution in [0.2, 0.25) is 0 Å². The van der Waals surface area contributed by atoms with Crippen LogP contribution in [-0.2, 0) is 17.1 Å². The molecule has 1 aliphatic heterocycles. The largest absolute Gasteiger partial charge is 0.496 e. The van der Waals surface area contributed by atoms with Gasteiger partial charge in [0.15, 0.2) is 5.03 Å². The second kappa shape index (κ2) is 5.98. The molecule has 1 fully saturated rings. The number of hydrogen-bond donors (Lipinski definition) is 0. The van der Waals surface area contributed by atoms with Gasteiger partial charge in [0.05, 0.1) is 13.2 Å². The van der Waals surface area contributed by atoms with E-state index in [9.17, 15) is 8.42 Å².